The molecule has 1 atom stereocenters. The third kappa shape index (κ3) is 4.39. The standard InChI is InChI=1S/C17H18ClNO/c1-13(15-7-3-2-4-8-15)10-17(20)19-12-14-6-5-9-16(18)11-14/h2-9,11,13H,10,12H2,1H3,(H,19,20)/t13-/m1/s1. The van der Waals surface area contributed by atoms with E-state index in [0.717, 1.165) is 5.56 Å². The Bertz CT molecular complexity index is 568. The lowest BCUT2D eigenvalue weighted by molar-refractivity contribution is -0.121. The number of halogens is 1. The molecule has 0 radical (unpaired) electrons. The summed E-state index contributed by atoms with van der Waals surface area (Å²) in [7, 11) is 0. The van der Waals surface area contributed by atoms with Crippen LogP contribution in [0.4, 0.5) is 0 Å². The Hall–Kier alpha value is -1.80. The molecular formula is C17H18ClNO. The lowest BCUT2D eigenvalue weighted by Crippen LogP contribution is -2.24. The Morgan fingerprint density at radius 2 is 1.90 bits per heavy atom. The minimum Gasteiger partial charge on any atom is -0.352 e. The fraction of sp³-hybridized carbons (Fsp3) is 0.235. The third-order valence-electron chi connectivity index (χ3n) is 3.24. The summed E-state index contributed by atoms with van der Waals surface area (Å²) in [5.74, 6) is 0.275. The second-order valence-corrected chi connectivity index (χ2v) is 5.36. The van der Waals surface area contributed by atoms with Crippen LogP contribution in [-0.2, 0) is 11.3 Å². The predicted molar refractivity (Wildman–Crippen MR) is 82.8 cm³/mol. The van der Waals surface area contributed by atoms with Crippen molar-refractivity contribution in [2.24, 2.45) is 0 Å². The molecule has 104 valence electrons. The lowest BCUT2D eigenvalue weighted by Gasteiger charge is -2.12. The second-order valence-electron chi connectivity index (χ2n) is 4.92. The number of nitrogens with one attached hydrogen (secondary N) is 1. The first-order valence-electron chi connectivity index (χ1n) is 6.71. The smallest absolute Gasteiger partial charge is 0.220 e. The number of benzene rings is 2. The summed E-state index contributed by atoms with van der Waals surface area (Å²) in [5, 5.41) is 3.62. The molecule has 0 aliphatic rings. The average molecular weight is 288 g/mol. The monoisotopic (exact) mass is 287 g/mol. The van der Waals surface area contributed by atoms with Gasteiger partial charge in [-0.25, -0.2) is 0 Å². The number of carbonyl (C=O) groups is 1. The van der Waals surface area contributed by atoms with E-state index in [1.165, 1.54) is 5.56 Å². The third-order valence-corrected chi connectivity index (χ3v) is 3.47. The van der Waals surface area contributed by atoms with Crippen molar-refractivity contribution in [2.45, 2.75) is 25.8 Å². The maximum absolute atomic E-state index is 11.9. The van der Waals surface area contributed by atoms with Crippen molar-refractivity contribution in [3.8, 4) is 0 Å². The number of rotatable bonds is 5. The van der Waals surface area contributed by atoms with E-state index in [1.54, 1.807) is 0 Å². The maximum Gasteiger partial charge on any atom is 0.220 e. The summed E-state index contributed by atoms with van der Waals surface area (Å²) in [6, 6.07) is 17.6. The summed E-state index contributed by atoms with van der Waals surface area (Å²) >= 11 is 5.91. The molecule has 0 fully saturated rings. The normalized spacial score (nSPS) is 11.9. The SMILES string of the molecule is C[C@H](CC(=O)NCc1cccc(Cl)c1)c1ccccc1. The van der Waals surface area contributed by atoms with E-state index in [1.807, 2.05) is 42.5 Å². The maximum atomic E-state index is 11.9. The van der Waals surface area contributed by atoms with E-state index in [2.05, 4.69) is 24.4 Å². The molecular weight excluding hydrogens is 270 g/mol. The van der Waals surface area contributed by atoms with Crippen LogP contribution in [-0.4, -0.2) is 5.91 Å². The molecule has 0 aliphatic heterocycles. The van der Waals surface area contributed by atoms with Gasteiger partial charge in [0.15, 0.2) is 0 Å². The van der Waals surface area contributed by atoms with Crippen LogP contribution in [0.15, 0.2) is 54.6 Å². The first-order chi connectivity index (χ1) is 9.65. The molecule has 2 nitrogen and oxygen atoms in total. The largest absolute Gasteiger partial charge is 0.352 e. The lowest BCUT2D eigenvalue weighted by atomic mass is 9.97. The number of hydrogen-bond acceptors (Lipinski definition) is 1. The van der Waals surface area contributed by atoms with Crippen molar-refractivity contribution in [1.82, 2.24) is 5.32 Å². The zero-order chi connectivity index (χ0) is 14.4. The van der Waals surface area contributed by atoms with Gasteiger partial charge in [-0.3, -0.25) is 4.79 Å². The van der Waals surface area contributed by atoms with Crippen LogP contribution < -0.4 is 5.32 Å². The molecule has 2 aromatic carbocycles. The van der Waals surface area contributed by atoms with Gasteiger partial charge < -0.3 is 5.32 Å². The fourth-order valence-electron chi connectivity index (χ4n) is 2.10. The van der Waals surface area contributed by atoms with Gasteiger partial charge in [0, 0.05) is 18.0 Å². The van der Waals surface area contributed by atoms with Gasteiger partial charge in [-0.2, -0.15) is 0 Å². The van der Waals surface area contributed by atoms with Gasteiger partial charge >= 0.3 is 0 Å². The molecule has 0 aromatic heterocycles. The molecule has 0 aliphatic carbocycles. The molecule has 2 rings (SSSR count). The molecule has 0 unspecified atom stereocenters. The van der Waals surface area contributed by atoms with Gasteiger partial charge in [-0.15, -0.1) is 0 Å². The summed E-state index contributed by atoms with van der Waals surface area (Å²) in [4.78, 5) is 11.9. The topological polar surface area (TPSA) is 29.1 Å². The highest BCUT2D eigenvalue weighted by Gasteiger charge is 2.10. The quantitative estimate of drug-likeness (QED) is 0.879. The van der Waals surface area contributed by atoms with Gasteiger partial charge in [0.2, 0.25) is 5.91 Å². The van der Waals surface area contributed by atoms with Gasteiger partial charge in [-0.05, 0) is 29.2 Å². The molecule has 0 spiro atoms. The van der Waals surface area contributed by atoms with E-state index in [-0.39, 0.29) is 11.8 Å². The molecule has 2 aromatic rings. The van der Waals surface area contributed by atoms with Crippen molar-refractivity contribution in [3.05, 3.63) is 70.7 Å². The van der Waals surface area contributed by atoms with Gasteiger partial charge in [0.05, 0.1) is 0 Å². The highest BCUT2D eigenvalue weighted by Crippen LogP contribution is 2.18. The summed E-state index contributed by atoms with van der Waals surface area (Å²) < 4.78 is 0. The molecule has 0 saturated carbocycles. The Morgan fingerprint density at radius 1 is 1.15 bits per heavy atom. The van der Waals surface area contributed by atoms with E-state index in [0.29, 0.717) is 18.0 Å². The predicted octanol–water partition coefficient (Wildman–Crippen LogP) is 4.15. The molecule has 1 amide bonds. The minimum atomic E-state index is 0.0568. The molecule has 0 heterocycles. The number of carbonyl (C=O) groups excluding carboxylic acids is 1. The van der Waals surface area contributed by atoms with Gasteiger partial charge in [-0.1, -0.05) is 61.0 Å². The minimum absolute atomic E-state index is 0.0568. The molecule has 1 N–H and O–H groups in total. The Balaban J connectivity index is 1.84. The zero-order valence-electron chi connectivity index (χ0n) is 11.5. The van der Waals surface area contributed by atoms with E-state index in [4.69, 9.17) is 11.6 Å². The molecule has 0 saturated heterocycles. The summed E-state index contributed by atoms with van der Waals surface area (Å²) in [6.45, 7) is 2.58. The number of hydrogen-bond donors (Lipinski definition) is 1. The van der Waals surface area contributed by atoms with Crippen LogP contribution in [0.2, 0.25) is 5.02 Å². The van der Waals surface area contributed by atoms with E-state index in [9.17, 15) is 4.79 Å². The van der Waals surface area contributed by atoms with Crippen LogP contribution in [0.1, 0.15) is 30.4 Å². The van der Waals surface area contributed by atoms with E-state index < -0.39 is 0 Å². The van der Waals surface area contributed by atoms with Crippen molar-refractivity contribution >= 4 is 17.5 Å². The molecule has 20 heavy (non-hydrogen) atoms. The number of amides is 1. The summed E-state index contributed by atoms with van der Waals surface area (Å²) in [6.07, 6.45) is 0.491. The van der Waals surface area contributed by atoms with Crippen molar-refractivity contribution in [1.29, 1.82) is 0 Å². The fourth-order valence-corrected chi connectivity index (χ4v) is 2.31. The zero-order valence-corrected chi connectivity index (χ0v) is 12.2. The van der Waals surface area contributed by atoms with Crippen LogP contribution in [0.3, 0.4) is 0 Å². The highest BCUT2D eigenvalue weighted by atomic mass is 35.5. The second kappa shape index (κ2) is 7.11. The van der Waals surface area contributed by atoms with Crippen molar-refractivity contribution < 1.29 is 4.79 Å². The Kier molecular flexibility index (Phi) is 5.19. The first-order valence-corrected chi connectivity index (χ1v) is 7.09. The molecule has 3 heteroatoms. The highest BCUT2D eigenvalue weighted by molar-refractivity contribution is 6.30. The van der Waals surface area contributed by atoms with Crippen LogP contribution >= 0.6 is 11.6 Å². The van der Waals surface area contributed by atoms with Gasteiger partial charge in [0.25, 0.3) is 0 Å². The van der Waals surface area contributed by atoms with Crippen LogP contribution in [0.25, 0.3) is 0 Å². The van der Waals surface area contributed by atoms with Crippen molar-refractivity contribution in [3.63, 3.8) is 0 Å². The van der Waals surface area contributed by atoms with E-state index >= 15 is 0 Å². The molecule has 0 bridgehead atoms. The Morgan fingerprint density at radius 3 is 2.60 bits per heavy atom. The van der Waals surface area contributed by atoms with Crippen LogP contribution in [0, 0.1) is 0 Å². The average Bonchev–Trinajstić information content (AvgIpc) is 2.46. The van der Waals surface area contributed by atoms with Crippen molar-refractivity contribution in [2.75, 3.05) is 0 Å². The van der Waals surface area contributed by atoms with Gasteiger partial charge in [0.1, 0.15) is 0 Å². The Labute approximate surface area is 124 Å². The van der Waals surface area contributed by atoms with Crippen LogP contribution in [0.5, 0.6) is 0 Å². The summed E-state index contributed by atoms with van der Waals surface area (Å²) in [5.41, 5.74) is 2.20. The first kappa shape index (κ1) is 14.6.